The predicted molar refractivity (Wildman–Crippen MR) is 86.8 cm³/mol. The number of nitro groups is 1. The van der Waals surface area contributed by atoms with Crippen molar-refractivity contribution in [2.75, 3.05) is 11.9 Å². The van der Waals surface area contributed by atoms with Crippen LogP contribution in [0.3, 0.4) is 0 Å². The molecule has 2 aromatic rings. The highest BCUT2D eigenvalue weighted by Gasteiger charge is 2.17. The molecular weight excluding hydrogens is 314 g/mol. The van der Waals surface area contributed by atoms with Crippen molar-refractivity contribution in [3.8, 4) is 0 Å². The summed E-state index contributed by atoms with van der Waals surface area (Å²) in [5.41, 5.74) is 1.20. The van der Waals surface area contributed by atoms with Crippen LogP contribution in [0, 0.1) is 10.1 Å². The molecule has 2 rings (SSSR count). The first-order valence-corrected chi connectivity index (χ1v) is 7.27. The van der Waals surface area contributed by atoms with Gasteiger partial charge in [-0.2, -0.15) is 0 Å². The number of aryl methyl sites for hydroxylation is 1. The van der Waals surface area contributed by atoms with Gasteiger partial charge in [0.15, 0.2) is 0 Å². The molecule has 1 N–H and O–H groups in total. The summed E-state index contributed by atoms with van der Waals surface area (Å²) in [4.78, 5) is 34.0. The molecule has 0 saturated heterocycles. The second kappa shape index (κ2) is 7.40. The molecule has 8 heteroatoms. The van der Waals surface area contributed by atoms with Crippen LogP contribution in [-0.4, -0.2) is 28.0 Å². The standard InChI is InChI=1S/C16H17N3O5/c1-3-24-15(20)8-11-5-4-6-12(7-11)17-16(21)14-9-13(19(22)23)10-18(14)2/h4-7,9-10H,3,8H2,1-2H3,(H,17,21). The summed E-state index contributed by atoms with van der Waals surface area (Å²) in [5.74, 6) is -0.821. The molecule has 0 aliphatic heterocycles. The lowest BCUT2D eigenvalue weighted by Gasteiger charge is -2.08. The first kappa shape index (κ1) is 17.2. The largest absolute Gasteiger partial charge is 0.466 e. The van der Waals surface area contributed by atoms with E-state index in [0.29, 0.717) is 17.9 Å². The van der Waals surface area contributed by atoms with Crippen molar-refractivity contribution in [1.29, 1.82) is 0 Å². The minimum absolute atomic E-state index is 0.104. The molecule has 1 aromatic heterocycles. The lowest BCUT2D eigenvalue weighted by molar-refractivity contribution is -0.384. The monoisotopic (exact) mass is 331 g/mol. The maximum Gasteiger partial charge on any atom is 0.310 e. The zero-order chi connectivity index (χ0) is 17.7. The smallest absolute Gasteiger partial charge is 0.310 e. The van der Waals surface area contributed by atoms with Gasteiger partial charge in [0.2, 0.25) is 0 Å². The van der Waals surface area contributed by atoms with Crippen molar-refractivity contribution in [2.45, 2.75) is 13.3 Å². The Bertz CT molecular complexity index is 782. The van der Waals surface area contributed by atoms with Gasteiger partial charge in [-0.3, -0.25) is 19.7 Å². The molecule has 0 saturated carbocycles. The lowest BCUT2D eigenvalue weighted by Crippen LogP contribution is -2.15. The fourth-order valence-electron chi connectivity index (χ4n) is 2.21. The van der Waals surface area contributed by atoms with Crippen molar-refractivity contribution < 1.29 is 19.2 Å². The van der Waals surface area contributed by atoms with E-state index in [2.05, 4.69) is 5.32 Å². The van der Waals surface area contributed by atoms with Crippen LogP contribution in [0.4, 0.5) is 11.4 Å². The van der Waals surface area contributed by atoms with Crippen molar-refractivity contribution in [2.24, 2.45) is 7.05 Å². The molecule has 0 aliphatic rings. The quantitative estimate of drug-likeness (QED) is 0.497. The van der Waals surface area contributed by atoms with E-state index in [1.165, 1.54) is 16.8 Å². The molecule has 0 atom stereocenters. The summed E-state index contributed by atoms with van der Waals surface area (Å²) in [7, 11) is 1.55. The van der Waals surface area contributed by atoms with Crippen LogP contribution >= 0.6 is 0 Å². The summed E-state index contributed by atoms with van der Waals surface area (Å²) in [6, 6.07) is 7.99. The molecule has 126 valence electrons. The first-order chi connectivity index (χ1) is 11.4. The molecule has 1 heterocycles. The number of amides is 1. The number of rotatable bonds is 6. The fraction of sp³-hybridized carbons (Fsp3) is 0.250. The number of benzene rings is 1. The Balaban J connectivity index is 2.12. The Hall–Kier alpha value is -3.16. The summed E-state index contributed by atoms with van der Waals surface area (Å²) in [6.07, 6.45) is 1.37. The van der Waals surface area contributed by atoms with Crippen LogP contribution < -0.4 is 5.32 Å². The second-order valence-electron chi connectivity index (χ2n) is 5.09. The van der Waals surface area contributed by atoms with Gasteiger partial charge in [0.1, 0.15) is 5.69 Å². The molecular formula is C16H17N3O5. The first-order valence-electron chi connectivity index (χ1n) is 7.27. The highest BCUT2D eigenvalue weighted by atomic mass is 16.6. The van der Waals surface area contributed by atoms with Crippen LogP contribution in [0.2, 0.25) is 0 Å². The highest BCUT2D eigenvalue weighted by molar-refractivity contribution is 6.03. The molecule has 8 nitrogen and oxygen atoms in total. The Morgan fingerprint density at radius 2 is 2.08 bits per heavy atom. The average molecular weight is 331 g/mol. The summed E-state index contributed by atoms with van der Waals surface area (Å²) >= 11 is 0. The number of esters is 1. The van der Waals surface area contributed by atoms with Gasteiger partial charge in [-0.05, 0) is 24.6 Å². The van der Waals surface area contributed by atoms with Gasteiger partial charge >= 0.3 is 5.97 Å². The summed E-state index contributed by atoms with van der Waals surface area (Å²) in [6.45, 7) is 2.04. The molecule has 0 spiro atoms. The molecule has 0 bridgehead atoms. The zero-order valence-corrected chi connectivity index (χ0v) is 13.3. The minimum atomic E-state index is -0.559. The topological polar surface area (TPSA) is 103 Å². The van der Waals surface area contributed by atoms with Crippen LogP contribution in [0.15, 0.2) is 36.5 Å². The van der Waals surface area contributed by atoms with Gasteiger partial charge in [0.25, 0.3) is 11.6 Å². The lowest BCUT2D eigenvalue weighted by atomic mass is 10.1. The average Bonchev–Trinajstić information content (AvgIpc) is 2.90. The van der Waals surface area contributed by atoms with E-state index in [1.54, 1.807) is 38.2 Å². The minimum Gasteiger partial charge on any atom is -0.466 e. The molecule has 1 aromatic carbocycles. The van der Waals surface area contributed by atoms with Gasteiger partial charge in [-0.15, -0.1) is 0 Å². The Morgan fingerprint density at radius 3 is 2.71 bits per heavy atom. The maximum absolute atomic E-state index is 12.3. The van der Waals surface area contributed by atoms with Crippen molar-refractivity contribution in [1.82, 2.24) is 4.57 Å². The number of ether oxygens (including phenoxy) is 1. The van der Waals surface area contributed by atoms with Gasteiger partial charge in [0, 0.05) is 18.8 Å². The van der Waals surface area contributed by atoms with Crippen molar-refractivity contribution >= 4 is 23.3 Å². The van der Waals surface area contributed by atoms with E-state index in [0.717, 1.165) is 0 Å². The number of carbonyl (C=O) groups excluding carboxylic acids is 2. The van der Waals surface area contributed by atoms with E-state index >= 15 is 0 Å². The third kappa shape index (κ3) is 4.19. The number of aromatic nitrogens is 1. The highest BCUT2D eigenvalue weighted by Crippen LogP contribution is 2.18. The number of anilines is 1. The molecule has 0 radical (unpaired) electrons. The van der Waals surface area contributed by atoms with Gasteiger partial charge in [0.05, 0.1) is 24.1 Å². The van der Waals surface area contributed by atoms with Crippen LogP contribution in [0.25, 0.3) is 0 Å². The normalized spacial score (nSPS) is 10.2. The van der Waals surface area contributed by atoms with Gasteiger partial charge < -0.3 is 14.6 Å². The fourth-order valence-corrected chi connectivity index (χ4v) is 2.21. The third-order valence-corrected chi connectivity index (χ3v) is 3.27. The molecule has 24 heavy (non-hydrogen) atoms. The van der Waals surface area contributed by atoms with Gasteiger partial charge in [-0.25, -0.2) is 0 Å². The SMILES string of the molecule is CCOC(=O)Cc1cccc(NC(=O)c2cc([N+](=O)[O-])cn2C)c1. The molecule has 0 fully saturated rings. The van der Waals surface area contributed by atoms with E-state index < -0.39 is 10.8 Å². The number of nitrogens with zero attached hydrogens (tertiary/aromatic N) is 2. The van der Waals surface area contributed by atoms with Crippen molar-refractivity contribution in [3.63, 3.8) is 0 Å². The Labute approximate surface area is 138 Å². The van der Waals surface area contributed by atoms with E-state index in [9.17, 15) is 19.7 Å². The van der Waals surface area contributed by atoms with E-state index in [-0.39, 0.29) is 23.8 Å². The molecule has 1 amide bonds. The zero-order valence-electron chi connectivity index (χ0n) is 13.3. The van der Waals surface area contributed by atoms with Crippen LogP contribution in [0.1, 0.15) is 23.0 Å². The number of hydrogen-bond donors (Lipinski definition) is 1. The maximum atomic E-state index is 12.3. The molecule has 0 aliphatic carbocycles. The predicted octanol–water partition coefficient (Wildman–Crippen LogP) is 2.29. The number of nitrogens with one attached hydrogen (secondary N) is 1. The van der Waals surface area contributed by atoms with E-state index in [1.807, 2.05) is 0 Å². The molecule has 0 unspecified atom stereocenters. The van der Waals surface area contributed by atoms with Gasteiger partial charge in [-0.1, -0.05) is 12.1 Å². The number of carbonyl (C=O) groups is 2. The summed E-state index contributed by atoms with van der Waals surface area (Å²) in [5, 5.41) is 13.4. The second-order valence-corrected chi connectivity index (χ2v) is 5.09. The van der Waals surface area contributed by atoms with Crippen LogP contribution in [0.5, 0.6) is 0 Å². The summed E-state index contributed by atoms with van der Waals surface area (Å²) < 4.78 is 6.27. The Morgan fingerprint density at radius 1 is 1.33 bits per heavy atom. The van der Waals surface area contributed by atoms with Crippen molar-refractivity contribution in [3.05, 3.63) is 57.9 Å². The van der Waals surface area contributed by atoms with Crippen LogP contribution in [-0.2, 0) is 23.0 Å². The Kier molecular flexibility index (Phi) is 5.31. The number of hydrogen-bond acceptors (Lipinski definition) is 5. The van der Waals surface area contributed by atoms with E-state index in [4.69, 9.17) is 4.74 Å². The third-order valence-electron chi connectivity index (χ3n) is 3.27.